The predicted octanol–water partition coefficient (Wildman–Crippen LogP) is 5.68. The Balaban J connectivity index is 1.96. The van der Waals surface area contributed by atoms with Crippen molar-refractivity contribution in [3.05, 3.63) is 94.0 Å². The normalized spacial score (nSPS) is 17.2. The van der Waals surface area contributed by atoms with E-state index in [2.05, 4.69) is 0 Å². The number of anilines is 1. The molecule has 1 N–H and O–H groups in total. The molecule has 1 aliphatic rings. The minimum Gasteiger partial charge on any atom is -0.507 e. The zero-order valence-corrected chi connectivity index (χ0v) is 19.8. The van der Waals surface area contributed by atoms with E-state index >= 15 is 0 Å². The molecule has 0 radical (unpaired) electrons. The van der Waals surface area contributed by atoms with E-state index in [0.717, 1.165) is 5.56 Å². The van der Waals surface area contributed by atoms with Crippen molar-refractivity contribution in [1.29, 1.82) is 0 Å². The third-order valence-electron chi connectivity index (χ3n) is 5.75. The molecule has 6 nitrogen and oxygen atoms in total. The lowest BCUT2D eigenvalue weighted by molar-refractivity contribution is -0.132. The summed E-state index contributed by atoms with van der Waals surface area (Å²) in [5.74, 6) is -0.762. The number of hydrogen-bond acceptors (Lipinski definition) is 5. The standard InChI is InChI=1S/C27H24ClNO5/c1-4-34-19-13-14-21(28)20(15-19)25(30)23-24(17-9-11-18(33-3)12-10-17)29(27(32)26(23)31)22-8-6-5-7-16(22)2/h5-15,24,30H,4H2,1-3H3/b25-23+. The van der Waals surface area contributed by atoms with Gasteiger partial charge in [0.2, 0.25) is 0 Å². The van der Waals surface area contributed by atoms with E-state index in [-0.39, 0.29) is 21.9 Å². The number of rotatable bonds is 6. The minimum absolute atomic E-state index is 0.0473. The van der Waals surface area contributed by atoms with Crippen LogP contribution in [0.15, 0.2) is 72.3 Å². The second kappa shape index (κ2) is 9.61. The Hall–Kier alpha value is -3.77. The number of halogens is 1. The predicted molar refractivity (Wildman–Crippen MR) is 132 cm³/mol. The van der Waals surface area contributed by atoms with E-state index in [1.165, 1.54) is 4.90 Å². The van der Waals surface area contributed by atoms with Crippen molar-refractivity contribution in [2.24, 2.45) is 0 Å². The average molecular weight is 478 g/mol. The lowest BCUT2D eigenvalue weighted by atomic mass is 9.94. The molecule has 0 spiro atoms. The van der Waals surface area contributed by atoms with Gasteiger partial charge < -0.3 is 14.6 Å². The van der Waals surface area contributed by atoms with Crippen molar-refractivity contribution >= 4 is 34.7 Å². The summed E-state index contributed by atoms with van der Waals surface area (Å²) in [5, 5.41) is 11.6. The number of para-hydroxylation sites is 1. The Morgan fingerprint density at radius 2 is 1.71 bits per heavy atom. The number of benzene rings is 3. The van der Waals surface area contributed by atoms with Crippen molar-refractivity contribution in [3.63, 3.8) is 0 Å². The van der Waals surface area contributed by atoms with Crippen LogP contribution in [-0.2, 0) is 9.59 Å². The van der Waals surface area contributed by atoms with Crippen LogP contribution in [0.1, 0.15) is 29.7 Å². The summed E-state index contributed by atoms with van der Waals surface area (Å²) < 4.78 is 10.8. The highest BCUT2D eigenvalue weighted by Crippen LogP contribution is 2.44. The van der Waals surface area contributed by atoms with Crippen molar-refractivity contribution in [1.82, 2.24) is 0 Å². The van der Waals surface area contributed by atoms with Gasteiger partial charge in [-0.05, 0) is 61.4 Å². The molecule has 1 saturated heterocycles. The van der Waals surface area contributed by atoms with Crippen molar-refractivity contribution < 1.29 is 24.2 Å². The fourth-order valence-corrected chi connectivity index (χ4v) is 4.31. The van der Waals surface area contributed by atoms with Crippen molar-refractivity contribution in [2.75, 3.05) is 18.6 Å². The number of aliphatic hydroxyl groups excluding tert-OH is 1. The Labute approximate surface area is 203 Å². The van der Waals surface area contributed by atoms with Crippen LogP contribution in [0.25, 0.3) is 5.76 Å². The fraction of sp³-hybridized carbons (Fsp3) is 0.185. The molecule has 1 atom stereocenters. The zero-order valence-electron chi connectivity index (χ0n) is 19.0. The molecular formula is C27H24ClNO5. The average Bonchev–Trinajstić information content (AvgIpc) is 3.10. The summed E-state index contributed by atoms with van der Waals surface area (Å²) in [6.07, 6.45) is 0. The largest absolute Gasteiger partial charge is 0.507 e. The first-order chi connectivity index (χ1) is 16.4. The smallest absolute Gasteiger partial charge is 0.300 e. The third-order valence-corrected chi connectivity index (χ3v) is 6.08. The van der Waals surface area contributed by atoms with Gasteiger partial charge >= 0.3 is 0 Å². The highest BCUT2D eigenvalue weighted by molar-refractivity contribution is 6.52. The fourth-order valence-electron chi connectivity index (χ4n) is 4.10. The maximum absolute atomic E-state index is 13.3. The number of carbonyl (C=O) groups is 2. The first-order valence-electron chi connectivity index (χ1n) is 10.8. The summed E-state index contributed by atoms with van der Waals surface area (Å²) in [6.45, 7) is 4.12. The van der Waals surface area contributed by atoms with Crippen LogP contribution in [0, 0.1) is 6.92 Å². The number of Topliss-reactive ketones (excluding diaryl/α,β-unsaturated/α-hetero) is 1. The van der Waals surface area contributed by atoms with Gasteiger partial charge in [-0.2, -0.15) is 0 Å². The molecule has 1 heterocycles. The van der Waals surface area contributed by atoms with E-state index in [9.17, 15) is 14.7 Å². The highest BCUT2D eigenvalue weighted by atomic mass is 35.5. The summed E-state index contributed by atoms with van der Waals surface area (Å²) in [5.41, 5.74) is 2.21. The Kier molecular flexibility index (Phi) is 6.61. The second-order valence-electron chi connectivity index (χ2n) is 7.80. The summed E-state index contributed by atoms with van der Waals surface area (Å²) in [7, 11) is 1.56. The van der Waals surface area contributed by atoms with Crippen LogP contribution in [0.3, 0.4) is 0 Å². The van der Waals surface area contributed by atoms with Crippen LogP contribution in [-0.4, -0.2) is 30.5 Å². The Morgan fingerprint density at radius 3 is 2.35 bits per heavy atom. The molecule has 1 amide bonds. The number of ether oxygens (including phenoxy) is 2. The van der Waals surface area contributed by atoms with Gasteiger partial charge in [0, 0.05) is 11.3 Å². The van der Waals surface area contributed by atoms with Crippen molar-refractivity contribution in [3.8, 4) is 11.5 Å². The lowest BCUT2D eigenvalue weighted by Gasteiger charge is -2.27. The maximum Gasteiger partial charge on any atom is 0.300 e. The van der Waals surface area contributed by atoms with E-state index in [1.807, 2.05) is 26.0 Å². The molecule has 0 bridgehead atoms. The van der Waals surface area contributed by atoms with Crippen LogP contribution in [0.4, 0.5) is 5.69 Å². The molecule has 174 valence electrons. The van der Waals surface area contributed by atoms with E-state index in [1.54, 1.807) is 61.7 Å². The zero-order chi connectivity index (χ0) is 24.4. The first kappa shape index (κ1) is 23.4. The number of carbonyl (C=O) groups excluding carboxylic acids is 2. The van der Waals surface area contributed by atoms with Gasteiger partial charge in [-0.1, -0.05) is 41.9 Å². The van der Waals surface area contributed by atoms with Crippen LogP contribution < -0.4 is 14.4 Å². The van der Waals surface area contributed by atoms with Gasteiger partial charge in [0.1, 0.15) is 17.3 Å². The number of methoxy groups -OCH3 is 1. The van der Waals surface area contributed by atoms with Crippen LogP contribution in [0.2, 0.25) is 5.02 Å². The quantitative estimate of drug-likeness (QED) is 0.281. The van der Waals surface area contributed by atoms with E-state index in [4.69, 9.17) is 21.1 Å². The molecule has 3 aromatic carbocycles. The lowest BCUT2D eigenvalue weighted by Crippen LogP contribution is -2.30. The summed E-state index contributed by atoms with van der Waals surface area (Å²) >= 11 is 6.39. The molecule has 1 aliphatic heterocycles. The van der Waals surface area contributed by atoms with E-state index < -0.39 is 17.7 Å². The number of ketones is 1. The molecule has 0 aromatic heterocycles. The van der Waals surface area contributed by atoms with Gasteiger partial charge in [-0.3, -0.25) is 14.5 Å². The van der Waals surface area contributed by atoms with Crippen LogP contribution in [0.5, 0.6) is 11.5 Å². The van der Waals surface area contributed by atoms with Gasteiger partial charge in [-0.15, -0.1) is 0 Å². The third kappa shape index (κ3) is 4.13. The van der Waals surface area contributed by atoms with Crippen LogP contribution >= 0.6 is 11.6 Å². The molecule has 0 saturated carbocycles. The highest BCUT2D eigenvalue weighted by Gasteiger charge is 2.47. The number of nitrogens with zero attached hydrogens (tertiary/aromatic N) is 1. The molecule has 0 aliphatic carbocycles. The first-order valence-corrected chi connectivity index (χ1v) is 11.2. The molecule has 1 unspecified atom stereocenters. The van der Waals surface area contributed by atoms with Crippen molar-refractivity contribution in [2.45, 2.75) is 19.9 Å². The van der Waals surface area contributed by atoms with Gasteiger partial charge in [0.25, 0.3) is 11.7 Å². The number of hydrogen-bond donors (Lipinski definition) is 1. The van der Waals surface area contributed by atoms with E-state index in [0.29, 0.717) is 29.4 Å². The number of aryl methyl sites for hydroxylation is 1. The maximum atomic E-state index is 13.3. The number of aliphatic hydroxyl groups is 1. The molecular weight excluding hydrogens is 454 g/mol. The van der Waals surface area contributed by atoms with Gasteiger partial charge in [-0.25, -0.2) is 0 Å². The van der Waals surface area contributed by atoms with Gasteiger partial charge in [0.15, 0.2) is 0 Å². The SMILES string of the molecule is CCOc1ccc(Cl)c(/C(O)=C2\C(=O)C(=O)N(c3ccccc3C)C2c2ccc(OC)cc2)c1. The monoisotopic (exact) mass is 477 g/mol. The molecule has 4 rings (SSSR count). The molecule has 34 heavy (non-hydrogen) atoms. The molecule has 1 fully saturated rings. The molecule has 3 aromatic rings. The summed E-state index contributed by atoms with van der Waals surface area (Å²) in [4.78, 5) is 28.1. The summed E-state index contributed by atoms with van der Waals surface area (Å²) in [6, 6.07) is 18.3. The van der Waals surface area contributed by atoms with Gasteiger partial charge in [0.05, 0.1) is 30.4 Å². The minimum atomic E-state index is -0.862. The molecule has 7 heteroatoms. The number of amides is 1. The Morgan fingerprint density at radius 1 is 1.03 bits per heavy atom. The Bertz CT molecular complexity index is 1280. The topological polar surface area (TPSA) is 76.1 Å². The second-order valence-corrected chi connectivity index (χ2v) is 8.21.